The van der Waals surface area contributed by atoms with Crippen molar-refractivity contribution in [2.24, 2.45) is 0 Å². The van der Waals surface area contributed by atoms with E-state index in [9.17, 15) is 0 Å². The summed E-state index contributed by atoms with van der Waals surface area (Å²) in [6, 6.07) is 0. The molecule has 0 aromatic heterocycles. The molecule has 0 amide bonds. The smallest absolute Gasteiger partial charge is 1.00 e. The molecule has 8 heavy (non-hydrogen) atoms. The average Bonchev–Trinajstić information content (AvgIpc) is 0. The van der Waals surface area contributed by atoms with E-state index in [1.165, 1.54) is 0 Å². The quantitative estimate of drug-likeness (QED) is 0.249. The molecule has 0 unspecified atom stereocenters. The van der Waals surface area contributed by atoms with E-state index in [-0.39, 0.29) is 100.0 Å². The normalized spacial score (nSPS) is 0. The van der Waals surface area contributed by atoms with Gasteiger partial charge in [-0.15, -0.1) is 0 Å². The Morgan fingerprint density at radius 2 is 0.375 bits per heavy atom. The Morgan fingerprint density at radius 1 is 0.375 bits per heavy atom. The van der Waals surface area contributed by atoms with Gasteiger partial charge in [0.05, 0.1) is 0 Å². The maximum atomic E-state index is 0. The van der Waals surface area contributed by atoms with Crippen LogP contribution in [0.15, 0.2) is 0 Å². The summed E-state index contributed by atoms with van der Waals surface area (Å²) in [4.78, 5) is 0. The number of hydrogen-bond acceptors (Lipinski definition) is 0. The molecule has 0 aromatic carbocycles. The molecule has 0 saturated heterocycles. The summed E-state index contributed by atoms with van der Waals surface area (Å²) in [6.45, 7) is 0. The first-order chi connectivity index (χ1) is 0. The van der Waals surface area contributed by atoms with Crippen molar-refractivity contribution in [2.45, 2.75) is 0 Å². The molecule has 0 aliphatic heterocycles. The van der Waals surface area contributed by atoms with Gasteiger partial charge in [0.25, 0.3) is 0 Å². The van der Waals surface area contributed by atoms with Crippen LogP contribution >= 0.6 is 0 Å². The fourth-order valence-corrected chi connectivity index (χ4v) is 0. The van der Waals surface area contributed by atoms with Gasteiger partial charge in [0.2, 0.25) is 0 Å². The van der Waals surface area contributed by atoms with Gasteiger partial charge in [-0.3, -0.25) is 0 Å². The summed E-state index contributed by atoms with van der Waals surface area (Å²) in [5.74, 6) is 0. The van der Waals surface area contributed by atoms with Crippen LogP contribution < -0.4 is 82.6 Å². The molecule has 0 heterocycles. The van der Waals surface area contributed by atoms with E-state index < -0.39 is 0 Å². The zero-order valence-electron chi connectivity index (χ0n) is 4.47. The molecule has 0 atom stereocenters. The molecule has 0 nitrogen and oxygen atoms in total. The van der Waals surface area contributed by atoms with Gasteiger partial charge in [-0.05, 0) is 0 Å². The third-order valence-corrected chi connectivity index (χ3v) is 0. The molecule has 8 heteroatoms. The van der Waals surface area contributed by atoms with Crippen LogP contribution in [-0.2, 0) is 0 Å². The van der Waals surface area contributed by atoms with Crippen LogP contribution in [0.2, 0.25) is 0 Å². The fraction of sp³-hybridized carbons (Fsp3) is 0. The monoisotopic (exact) mass is 168 g/mol. The first kappa shape index (κ1) is 180. The Labute approximate surface area is 98.7 Å². The van der Waals surface area contributed by atoms with Gasteiger partial charge in [-0.25, -0.2) is 0 Å². The summed E-state index contributed by atoms with van der Waals surface area (Å²) >= 11 is 0. The van der Waals surface area contributed by atoms with Gasteiger partial charge >= 0.3 is 76.5 Å². The Kier molecular flexibility index (Phi) is 2910. The molecule has 0 spiro atoms. The van der Waals surface area contributed by atoms with Crippen LogP contribution in [0, 0.1) is 0 Å². The zero-order valence-corrected chi connectivity index (χ0v) is 9.62. The molecule has 0 rings (SSSR count). The maximum Gasteiger partial charge on any atom is 3.00 e. The summed E-state index contributed by atoms with van der Waals surface area (Å²) < 4.78 is 0. The average molecular weight is 168 g/mol. The van der Waals surface area contributed by atoms with E-state index in [4.69, 9.17) is 0 Å². The first-order valence-electron chi connectivity index (χ1n) is 0. The minimum absolute atomic E-state index is 0. The first-order valence-corrected chi connectivity index (χ1v) is 0. The van der Waals surface area contributed by atoms with Crippen molar-refractivity contribution in [1.29, 1.82) is 0 Å². The van der Waals surface area contributed by atoms with Gasteiger partial charge < -0.3 is 23.5 Å². The summed E-state index contributed by atoms with van der Waals surface area (Å²) in [6.07, 6.45) is 0. The van der Waals surface area contributed by atoms with Gasteiger partial charge in [0.15, 0.2) is 0 Å². The molecular weight excluding hydrogens is 168 g/mol. The van der Waals surface area contributed by atoms with E-state index in [1.54, 1.807) is 0 Å². The Hall–Kier alpha value is 2.18. The van der Waals surface area contributed by atoms with Crippen LogP contribution in [0.25, 0.3) is 0 Å². The van der Waals surface area contributed by atoms with Gasteiger partial charge in [-0.1, -0.05) is 0 Å². The number of halogens is 5. The van der Waals surface area contributed by atoms with Crippen LogP contribution in [0.3, 0.4) is 0 Å². The fourth-order valence-electron chi connectivity index (χ4n) is 0. The van der Waals surface area contributed by atoms with Gasteiger partial charge in [-0.2, -0.15) is 0 Å². The SMILES string of the molecule is [Al+3].[F-].[F-].[F-].[F-].[F-].[Na+].[Na+]. The largest absolute Gasteiger partial charge is 3.00 e. The minimum atomic E-state index is 0. The molecule has 40 valence electrons. The molecule has 0 saturated carbocycles. The van der Waals surface area contributed by atoms with E-state index >= 15 is 0 Å². The molecule has 0 bridgehead atoms. The second-order valence-electron chi connectivity index (χ2n) is 0. The van der Waals surface area contributed by atoms with Crippen molar-refractivity contribution in [3.05, 3.63) is 0 Å². The van der Waals surface area contributed by atoms with E-state index in [0.29, 0.717) is 0 Å². The van der Waals surface area contributed by atoms with Crippen molar-refractivity contribution in [3.8, 4) is 0 Å². The van der Waals surface area contributed by atoms with Crippen LogP contribution in [-0.4, -0.2) is 17.4 Å². The van der Waals surface area contributed by atoms with E-state index in [0.717, 1.165) is 0 Å². The van der Waals surface area contributed by atoms with Crippen molar-refractivity contribution in [2.75, 3.05) is 0 Å². The number of hydrogen-bond donors (Lipinski definition) is 0. The van der Waals surface area contributed by atoms with Crippen LogP contribution in [0.1, 0.15) is 0 Å². The standard InChI is InChI=1S/Al.5FH.2Na/h;5*1H;;/q+3;;;;;;2*+1/p-5. The van der Waals surface area contributed by atoms with Crippen molar-refractivity contribution >= 4 is 17.4 Å². The van der Waals surface area contributed by atoms with E-state index in [2.05, 4.69) is 0 Å². The summed E-state index contributed by atoms with van der Waals surface area (Å²) in [5.41, 5.74) is 0. The van der Waals surface area contributed by atoms with Crippen LogP contribution in [0.4, 0.5) is 0 Å². The predicted octanol–water partition coefficient (Wildman–Crippen LogP) is -21.4. The summed E-state index contributed by atoms with van der Waals surface area (Å²) in [5, 5.41) is 0. The molecular formula is AlF5Na2. The number of rotatable bonds is 0. The van der Waals surface area contributed by atoms with Gasteiger partial charge in [0.1, 0.15) is 0 Å². The van der Waals surface area contributed by atoms with Gasteiger partial charge in [0, 0.05) is 0 Å². The minimum Gasteiger partial charge on any atom is -1.00 e. The van der Waals surface area contributed by atoms with Crippen molar-refractivity contribution < 1.29 is 82.6 Å². The van der Waals surface area contributed by atoms with Crippen molar-refractivity contribution in [3.63, 3.8) is 0 Å². The third kappa shape index (κ3) is 88.6. The predicted molar refractivity (Wildman–Crippen MR) is 5.75 cm³/mol. The zero-order chi connectivity index (χ0) is 0. The third-order valence-electron chi connectivity index (χ3n) is 0. The second kappa shape index (κ2) is 129. The molecule has 0 N–H and O–H groups in total. The Bertz CT molecular complexity index is 10.4. The molecule has 0 radical (unpaired) electrons. The summed E-state index contributed by atoms with van der Waals surface area (Å²) in [7, 11) is 0. The second-order valence-corrected chi connectivity index (χ2v) is 0. The molecule has 0 fully saturated rings. The topological polar surface area (TPSA) is 0 Å². The molecule has 0 aromatic rings. The molecule has 0 aliphatic carbocycles. The maximum absolute atomic E-state index is 0. The van der Waals surface area contributed by atoms with Crippen molar-refractivity contribution in [1.82, 2.24) is 0 Å². The van der Waals surface area contributed by atoms with Crippen LogP contribution in [0.5, 0.6) is 0 Å². The van der Waals surface area contributed by atoms with E-state index in [1.807, 2.05) is 0 Å². The molecule has 0 aliphatic rings. The Balaban J connectivity index is 0. The Morgan fingerprint density at radius 3 is 0.375 bits per heavy atom.